The lowest BCUT2D eigenvalue weighted by Gasteiger charge is -2.10. The maximum Gasteiger partial charge on any atom is 0.343 e. The number of sulfonamides is 1. The van der Waals surface area contributed by atoms with Crippen LogP contribution in [0.5, 0.6) is 11.5 Å². The molecule has 178 valence electrons. The first-order chi connectivity index (χ1) is 16.8. The Morgan fingerprint density at radius 1 is 1.06 bits per heavy atom. The Bertz CT molecular complexity index is 1450. The number of aliphatic imine (C=N–C) groups is 1. The molecule has 0 aliphatic rings. The van der Waals surface area contributed by atoms with E-state index in [0.717, 1.165) is 0 Å². The second-order valence-corrected chi connectivity index (χ2v) is 9.58. The van der Waals surface area contributed by atoms with Crippen molar-refractivity contribution in [2.75, 3.05) is 11.8 Å². The largest absolute Gasteiger partial charge is 0.493 e. The minimum absolute atomic E-state index is 0.0839. The molecule has 1 heterocycles. The van der Waals surface area contributed by atoms with E-state index in [4.69, 9.17) is 9.47 Å². The van der Waals surface area contributed by atoms with Gasteiger partial charge < -0.3 is 9.47 Å². The van der Waals surface area contributed by atoms with Crippen LogP contribution in [0.25, 0.3) is 0 Å². The highest BCUT2D eigenvalue weighted by atomic mass is 32.2. The van der Waals surface area contributed by atoms with Gasteiger partial charge in [0.15, 0.2) is 16.6 Å². The summed E-state index contributed by atoms with van der Waals surface area (Å²) in [6.45, 7) is 0. The SMILES string of the molecule is COc1cc(C=Nc2ccc(S(=O)(=O)Nc3nccs3)cc2)ccc1OC(=O)c1ccc(F)cc1. The van der Waals surface area contributed by atoms with Gasteiger partial charge in [-0.15, -0.1) is 11.3 Å². The number of nitrogens with zero attached hydrogens (tertiary/aromatic N) is 2. The standard InChI is InChI=1S/C24H18FN3O5S2/c1-32-22-14-16(2-11-21(22)33-23(29)17-3-5-18(25)6-4-17)15-27-19-7-9-20(10-8-19)35(30,31)28-24-26-12-13-34-24/h2-15H,1H3,(H,26,28). The van der Waals surface area contributed by atoms with Gasteiger partial charge in [0.25, 0.3) is 10.0 Å². The minimum Gasteiger partial charge on any atom is -0.493 e. The summed E-state index contributed by atoms with van der Waals surface area (Å²) in [4.78, 5) is 20.6. The zero-order valence-corrected chi connectivity index (χ0v) is 19.8. The van der Waals surface area contributed by atoms with Gasteiger partial charge in [-0.3, -0.25) is 9.71 Å². The molecule has 1 aromatic heterocycles. The van der Waals surface area contributed by atoms with Gasteiger partial charge in [-0.1, -0.05) is 0 Å². The number of halogens is 1. The van der Waals surface area contributed by atoms with E-state index in [9.17, 15) is 17.6 Å². The van der Waals surface area contributed by atoms with Crippen LogP contribution in [0, 0.1) is 5.82 Å². The van der Waals surface area contributed by atoms with Crippen molar-refractivity contribution >= 4 is 44.4 Å². The van der Waals surface area contributed by atoms with Crippen molar-refractivity contribution in [1.29, 1.82) is 0 Å². The van der Waals surface area contributed by atoms with Gasteiger partial charge >= 0.3 is 5.97 Å². The van der Waals surface area contributed by atoms with E-state index in [0.29, 0.717) is 17.0 Å². The molecule has 1 N–H and O–H groups in total. The van der Waals surface area contributed by atoms with Gasteiger partial charge in [0.05, 0.1) is 23.3 Å². The van der Waals surface area contributed by atoms with Crippen LogP contribution in [0.1, 0.15) is 15.9 Å². The van der Waals surface area contributed by atoms with E-state index in [2.05, 4.69) is 14.7 Å². The fourth-order valence-corrected chi connectivity index (χ4v) is 4.69. The van der Waals surface area contributed by atoms with Crippen molar-refractivity contribution in [3.63, 3.8) is 0 Å². The van der Waals surface area contributed by atoms with E-state index in [1.54, 1.807) is 41.9 Å². The van der Waals surface area contributed by atoms with Crippen molar-refractivity contribution in [2.45, 2.75) is 4.90 Å². The molecule has 8 nitrogen and oxygen atoms in total. The first-order valence-electron chi connectivity index (χ1n) is 10.1. The molecule has 4 aromatic rings. The summed E-state index contributed by atoms with van der Waals surface area (Å²) in [5.41, 5.74) is 1.39. The van der Waals surface area contributed by atoms with Gasteiger partial charge in [-0.05, 0) is 72.3 Å². The average Bonchev–Trinajstić information content (AvgIpc) is 3.36. The molecular weight excluding hydrogens is 493 g/mol. The Hall–Kier alpha value is -4.09. The smallest absolute Gasteiger partial charge is 0.343 e. The zero-order chi connectivity index (χ0) is 24.8. The highest BCUT2D eigenvalue weighted by Crippen LogP contribution is 2.29. The van der Waals surface area contributed by atoms with Crippen LogP contribution < -0.4 is 14.2 Å². The first-order valence-corrected chi connectivity index (χ1v) is 12.4. The molecule has 0 saturated carbocycles. The van der Waals surface area contributed by atoms with Crippen LogP contribution in [-0.4, -0.2) is 32.7 Å². The second kappa shape index (κ2) is 10.5. The Balaban J connectivity index is 1.45. The Labute approximate surface area is 204 Å². The number of aromatic nitrogens is 1. The predicted octanol–water partition coefficient (Wildman–Crippen LogP) is 5.06. The first kappa shape index (κ1) is 24.0. The van der Waals surface area contributed by atoms with Crippen molar-refractivity contribution in [1.82, 2.24) is 4.98 Å². The van der Waals surface area contributed by atoms with E-state index in [1.165, 1.54) is 61.0 Å². The zero-order valence-electron chi connectivity index (χ0n) is 18.2. The van der Waals surface area contributed by atoms with Gasteiger partial charge in [-0.25, -0.2) is 22.6 Å². The van der Waals surface area contributed by atoms with Gasteiger partial charge in [0.2, 0.25) is 0 Å². The fraction of sp³-hybridized carbons (Fsp3) is 0.0417. The van der Waals surface area contributed by atoms with Crippen molar-refractivity contribution in [3.8, 4) is 11.5 Å². The number of ether oxygens (including phenoxy) is 2. The molecule has 0 aliphatic carbocycles. The van der Waals surface area contributed by atoms with E-state index in [1.807, 2.05) is 0 Å². The molecule has 0 saturated heterocycles. The lowest BCUT2D eigenvalue weighted by Crippen LogP contribution is -2.12. The Kier molecular flexibility index (Phi) is 7.18. The number of anilines is 1. The molecule has 0 atom stereocenters. The number of carbonyl (C=O) groups excluding carboxylic acids is 1. The van der Waals surface area contributed by atoms with Gasteiger partial charge in [0, 0.05) is 17.8 Å². The van der Waals surface area contributed by atoms with Crippen LogP contribution in [0.4, 0.5) is 15.2 Å². The molecule has 0 amide bonds. The lowest BCUT2D eigenvalue weighted by molar-refractivity contribution is 0.0729. The number of benzene rings is 3. The summed E-state index contributed by atoms with van der Waals surface area (Å²) in [5.74, 6) is -0.601. The molecule has 11 heteroatoms. The maximum absolute atomic E-state index is 13.1. The summed E-state index contributed by atoms with van der Waals surface area (Å²) in [5, 5.41) is 1.96. The Morgan fingerprint density at radius 2 is 1.80 bits per heavy atom. The van der Waals surface area contributed by atoms with E-state index < -0.39 is 21.8 Å². The van der Waals surface area contributed by atoms with Crippen LogP contribution in [0.2, 0.25) is 0 Å². The van der Waals surface area contributed by atoms with Crippen LogP contribution in [0.3, 0.4) is 0 Å². The molecule has 0 bridgehead atoms. The topological polar surface area (TPSA) is 107 Å². The van der Waals surface area contributed by atoms with Crippen LogP contribution in [-0.2, 0) is 10.0 Å². The van der Waals surface area contributed by atoms with Crippen molar-refractivity contribution in [2.24, 2.45) is 4.99 Å². The number of hydrogen-bond donors (Lipinski definition) is 1. The van der Waals surface area contributed by atoms with Crippen LogP contribution >= 0.6 is 11.3 Å². The molecule has 0 unspecified atom stereocenters. The van der Waals surface area contributed by atoms with Gasteiger partial charge in [-0.2, -0.15) is 0 Å². The number of esters is 1. The molecular formula is C24H18FN3O5S2. The third kappa shape index (κ3) is 6.08. The maximum atomic E-state index is 13.1. The van der Waals surface area contributed by atoms with Crippen molar-refractivity contribution < 1.29 is 27.1 Å². The summed E-state index contributed by atoms with van der Waals surface area (Å²) in [6, 6.07) is 15.9. The molecule has 4 rings (SSSR count). The number of hydrogen-bond acceptors (Lipinski definition) is 8. The quantitative estimate of drug-likeness (QED) is 0.201. The summed E-state index contributed by atoms with van der Waals surface area (Å²) in [7, 11) is -2.31. The lowest BCUT2D eigenvalue weighted by atomic mass is 10.2. The molecule has 0 aliphatic heterocycles. The summed E-state index contributed by atoms with van der Waals surface area (Å²) >= 11 is 1.18. The fourth-order valence-electron chi connectivity index (χ4n) is 2.90. The second-order valence-electron chi connectivity index (χ2n) is 7.00. The highest BCUT2D eigenvalue weighted by Gasteiger charge is 2.15. The number of nitrogens with one attached hydrogen (secondary N) is 1. The summed E-state index contributed by atoms with van der Waals surface area (Å²) < 4.78 is 51.0. The third-order valence-corrected chi connectivity index (χ3v) is 6.81. The highest BCUT2D eigenvalue weighted by molar-refractivity contribution is 7.93. The molecule has 0 radical (unpaired) electrons. The van der Waals surface area contributed by atoms with E-state index in [-0.39, 0.29) is 21.3 Å². The number of carbonyl (C=O) groups is 1. The Morgan fingerprint density at radius 3 is 2.46 bits per heavy atom. The monoisotopic (exact) mass is 511 g/mol. The van der Waals surface area contributed by atoms with Crippen LogP contribution in [0.15, 0.2) is 88.2 Å². The number of methoxy groups -OCH3 is 1. The minimum atomic E-state index is -3.74. The van der Waals surface area contributed by atoms with Crippen molar-refractivity contribution in [3.05, 3.63) is 95.3 Å². The number of thiazole rings is 1. The molecule has 3 aromatic carbocycles. The average molecular weight is 512 g/mol. The summed E-state index contributed by atoms with van der Waals surface area (Å²) in [6.07, 6.45) is 3.07. The predicted molar refractivity (Wildman–Crippen MR) is 131 cm³/mol. The normalized spacial score (nSPS) is 11.4. The number of rotatable bonds is 8. The van der Waals surface area contributed by atoms with Gasteiger partial charge in [0.1, 0.15) is 5.82 Å². The van der Waals surface area contributed by atoms with E-state index >= 15 is 0 Å². The third-order valence-electron chi connectivity index (χ3n) is 4.63. The molecule has 35 heavy (non-hydrogen) atoms. The molecule has 0 fully saturated rings. The molecule has 0 spiro atoms.